The first-order chi connectivity index (χ1) is 13.4. The number of aromatic nitrogens is 1. The van der Waals surface area contributed by atoms with Crippen LogP contribution in [-0.4, -0.2) is 10.5 Å². The van der Waals surface area contributed by atoms with E-state index in [4.69, 9.17) is 0 Å². The Labute approximate surface area is 176 Å². The van der Waals surface area contributed by atoms with E-state index in [2.05, 4.69) is 39.7 Å². The van der Waals surface area contributed by atoms with Crippen LogP contribution in [0.4, 0.5) is 5.69 Å². The molecule has 1 aromatic carbocycles. The molecule has 0 aliphatic carbocycles. The van der Waals surface area contributed by atoms with Crippen LogP contribution in [0.2, 0.25) is 0 Å². The number of nitrogens with zero attached hydrogens (tertiary/aromatic N) is 1. The molecule has 0 saturated carbocycles. The Bertz CT molecular complexity index is 916. The Kier molecular flexibility index (Phi) is 8.05. The van der Waals surface area contributed by atoms with E-state index in [0.717, 1.165) is 60.4 Å². The van der Waals surface area contributed by atoms with Crippen molar-refractivity contribution in [1.29, 1.82) is 0 Å². The van der Waals surface area contributed by atoms with Crippen LogP contribution in [0.25, 0.3) is 0 Å². The lowest BCUT2D eigenvalue weighted by atomic mass is 10.0. The lowest BCUT2D eigenvalue weighted by Gasteiger charge is -2.21. The third kappa shape index (κ3) is 4.57. The molecule has 2 rings (SSSR count). The Morgan fingerprint density at radius 3 is 2.43 bits per heavy atom. The topological polar surface area (TPSA) is 51.1 Å². The van der Waals surface area contributed by atoms with E-state index in [1.165, 1.54) is 0 Å². The van der Waals surface area contributed by atoms with Crippen molar-refractivity contribution < 1.29 is 4.79 Å². The number of hydrogen-bond acceptors (Lipinski definition) is 2. The molecule has 0 aliphatic heterocycles. The number of para-hydroxylation sites is 1. The first kappa shape index (κ1) is 22.4. The van der Waals surface area contributed by atoms with Gasteiger partial charge in [-0.2, -0.15) is 0 Å². The summed E-state index contributed by atoms with van der Waals surface area (Å²) in [6.45, 7) is 11.0. The standard InChI is InChI=1S/C23H31BrN2O2/c1-6-9-10-14-26-16(5)20(24)22(27)19(18(26)8-3)23(28)25-21-15(4)12-11-13-17(21)7-2/h11-13H,6-10,14H2,1-5H3,(H,25,28). The second-order valence-electron chi connectivity index (χ2n) is 7.18. The molecule has 0 radical (unpaired) electrons. The lowest BCUT2D eigenvalue weighted by Crippen LogP contribution is -2.30. The van der Waals surface area contributed by atoms with Gasteiger partial charge in [0.15, 0.2) is 0 Å². The Hall–Kier alpha value is -1.88. The number of unbranched alkanes of at least 4 members (excludes halogenated alkanes) is 2. The van der Waals surface area contributed by atoms with Crippen LogP contribution >= 0.6 is 15.9 Å². The van der Waals surface area contributed by atoms with Crippen LogP contribution in [0.15, 0.2) is 27.5 Å². The molecule has 152 valence electrons. The van der Waals surface area contributed by atoms with Crippen molar-refractivity contribution in [1.82, 2.24) is 4.57 Å². The molecular weight excluding hydrogens is 416 g/mol. The van der Waals surface area contributed by atoms with Gasteiger partial charge >= 0.3 is 0 Å². The molecule has 1 amide bonds. The Balaban J connectivity index is 2.55. The maximum Gasteiger partial charge on any atom is 0.261 e. The van der Waals surface area contributed by atoms with E-state index in [1.807, 2.05) is 39.0 Å². The highest BCUT2D eigenvalue weighted by Gasteiger charge is 2.23. The second kappa shape index (κ2) is 10.1. The van der Waals surface area contributed by atoms with E-state index in [1.54, 1.807) is 0 Å². The normalized spacial score (nSPS) is 10.9. The second-order valence-corrected chi connectivity index (χ2v) is 7.97. The van der Waals surface area contributed by atoms with Crippen molar-refractivity contribution >= 4 is 27.5 Å². The number of aryl methyl sites for hydroxylation is 2. The molecular formula is C23H31BrN2O2. The molecule has 0 spiro atoms. The summed E-state index contributed by atoms with van der Waals surface area (Å²) >= 11 is 3.44. The number of halogens is 1. The Morgan fingerprint density at radius 1 is 1.11 bits per heavy atom. The molecule has 0 unspecified atom stereocenters. The molecule has 0 atom stereocenters. The fourth-order valence-corrected chi connectivity index (χ4v) is 4.08. The molecule has 4 nitrogen and oxygen atoms in total. The molecule has 5 heteroatoms. The fourth-order valence-electron chi connectivity index (χ4n) is 3.66. The summed E-state index contributed by atoms with van der Waals surface area (Å²) in [6, 6.07) is 5.98. The molecule has 0 aliphatic rings. The third-order valence-corrected chi connectivity index (χ3v) is 6.22. The van der Waals surface area contributed by atoms with Crippen molar-refractivity contribution in [2.75, 3.05) is 5.32 Å². The predicted molar refractivity (Wildman–Crippen MR) is 121 cm³/mol. The number of hydrogen-bond donors (Lipinski definition) is 1. The summed E-state index contributed by atoms with van der Waals surface area (Å²) in [6.07, 6.45) is 4.72. The van der Waals surface area contributed by atoms with Crippen molar-refractivity contribution in [3.63, 3.8) is 0 Å². The number of pyridine rings is 1. The van der Waals surface area contributed by atoms with Gasteiger partial charge in [-0.05, 0) is 60.2 Å². The first-order valence-electron chi connectivity index (χ1n) is 10.2. The van der Waals surface area contributed by atoms with Gasteiger partial charge < -0.3 is 9.88 Å². The number of rotatable bonds is 8. The zero-order valence-electron chi connectivity index (χ0n) is 17.6. The zero-order valence-corrected chi connectivity index (χ0v) is 19.2. The van der Waals surface area contributed by atoms with E-state index in [-0.39, 0.29) is 16.9 Å². The average molecular weight is 447 g/mol. The van der Waals surface area contributed by atoms with Gasteiger partial charge in [0.1, 0.15) is 5.56 Å². The lowest BCUT2D eigenvalue weighted by molar-refractivity contribution is 0.102. The van der Waals surface area contributed by atoms with Crippen LogP contribution < -0.4 is 10.7 Å². The highest BCUT2D eigenvalue weighted by atomic mass is 79.9. The monoisotopic (exact) mass is 446 g/mol. The Morgan fingerprint density at radius 2 is 1.82 bits per heavy atom. The van der Waals surface area contributed by atoms with E-state index < -0.39 is 0 Å². The zero-order chi connectivity index (χ0) is 20.8. The number of nitrogens with one attached hydrogen (secondary N) is 1. The fraction of sp³-hybridized carbons (Fsp3) is 0.478. The van der Waals surface area contributed by atoms with E-state index >= 15 is 0 Å². The highest BCUT2D eigenvalue weighted by molar-refractivity contribution is 9.10. The molecule has 0 fully saturated rings. The van der Waals surface area contributed by atoms with Crippen molar-refractivity contribution in [2.45, 2.75) is 73.3 Å². The van der Waals surface area contributed by atoms with E-state index in [0.29, 0.717) is 10.9 Å². The minimum absolute atomic E-state index is 0.231. The summed E-state index contributed by atoms with van der Waals surface area (Å²) in [7, 11) is 0. The van der Waals surface area contributed by atoms with Gasteiger partial charge in [-0.15, -0.1) is 0 Å². The SMILES string of the molecule is CCCCCn1c(C)c(Br)c(=O)c(C(=O)Nc2c(C)cccc2CC)c1CC. The molecule has 28 heavy (non-hydrogen) atoms. The predicted octanol–water partition coefficient (Wildman–Crippen LogP) is 5.79. The number of benzene rings is 1. The van der Waals surface area contributed by atoms with Gasteiger partial charge in [-0.25, -0.2) is 0 Å². The molecule has 1 heterocycles. The molecule has 1 N–H and O–H groups in total. The minimum atomic E-state index is -0.323. The van der Waals surface area contributed by atoms with E-state index in [9.17, 15) is 9.59 Å². The molecule has 2 aromatic rings. The number of carbonyl (C=O) groups excluding carboxylic acids is 1. The summed E-state index contributed by atoms with van der Waals surface area (Å²) in [5, 5.41) is 3.03. The summed E-state index contributed by atoms with van der Waals surface area (Å²) < 4.78 is 2.61. The van der Waals surface area contributed by atoms with Crippen molar-refractivity contribution in [3.05, 3.63) is 61.0 Å². The van der Waals surface area contributed by atoms with Gasteiger partial charge in [-0.1, -0.05) is 51.8 Å². The molecule has 0 saturated heterocycles. The number of amides is 1. The smallest absolute Gasteiger partial charge is 0.261 e. The van der Waals surface area contributed by atoms with Gasteiger partial charge in [0.25, 0.3) is 5.91 Å². The quantitative estimate of drug-likeness (QED) is 0.521. The van der Waals surface area contributed by atoms with Gasteiger partial charge in [0, 0.05) is 23.6 Å². The maximum absolute atomic E-state index is 13.2. The highest BCUT2D eigenvalue weighted by Crippen LogP contribution is 2.24. The first-order valence-corrected chi connectivity index (χ1v) is 11.0. The summed E-state index contributed by atoms with van der Waals surface area (Å²) in [5.74, 6) is -0.323. The summed E-state index contributed by atoms with van der Waals surface area (Å²) in [4.78, 5) is 26.2. The van der Waals surface area contributed by atoms with Gasteiger partial charge in [0.05, 0.1) is 4.47 Å². The third-order valence-electron chi connectivity index (χ3n) is 5.29. The number of carbonyl (C=O) groups is 1. The van der Waals surface area contributed by atoms with Crippen LogP contribution in [0, 0.1) is 13.8 Å². The van der Waals surface area contributed by atoms with Crippen LogP contribution in [0.5, 0.6) is 0 Å². The minimum Gasteiger partial charge on any atom is -0.347 e. The molecule has 1 aromatic heterocycles. The largest absolute Gasteiger partial charge is 0.347 e. The summed E-state index contributed by atoms with van der Waals surface area (Å²) in [5.41, 5.74) is 4.60. The van der Waals surface area contributed by atoms with Crippen LogP contribution in [-0.2, 0) is 19.4 Å². The van der Waals surface area contributed by atoms with Crippen LogP contribution in [0.3, 0.4) is 0 Å². The molecule has 0 bridgehead atoms. The number of anilines is 1. The van der Waals surface area contributed by atoms with Crippen LogP contribution in [0.1, 0.15) is 72.9 Å². The van der Waals surface area contributed by atoms with Crippen molar-refractivity contribution in [2.24, 2.45) is 0 Å². The maximum atomic E-state index is 13.2. The van der Waals surface area contributed by atoms with Gasteiger partial charge in [-0.3, -0.25) is 9.59 Å². The average Bonchev–Trinajstić information content (AvgIpc) is 2.69. The van der Waals surface area contributed by atoms with Gasteiger partial charge in [0.2, 0.25) is 5.43 Å². The van der Waals surface area contributed by atoms with Crippen molar-refractivity contribution in [3.8, 4) is 0 Å².